The molecule has 0 amide bonds. The average molecular weight is 366 g/mol. The van der Waals surface area contributed by atoms with E-state index in [0.29, 0.717) is 0 Å². The summed E-state index contributed by atoms with van der Waals surface area (Å²) in [6, 6.07) is 0. The first-order chi connectivity index (χ1) is 8.29. The zero-order valence-corrected chi connectivity index (χ0v) is 14.0. The molecule has 4 nitrogen and oxygen atoms in total. The monoisotopic (exact) mass is 366 g/mol. The first kappa shape index (κ1) is 16.0. The van der Waals surface area contributed by atoms with Gasteiger partial charge in [-0.15, -0.1) is 24.0 Å². The van der Waals surface area contributed by atoms with E-state index in [-0.39, 0.29) is 24.0 Å². The van der Waals surface area contributed by atoms with Crippen molar-refractivity contribution in [2.45, 2.75) is 26.2 Å². The number of likely N-dealkylation sites (tertiary alicyclic amines) is 1. The van der Waals surface area contributed by atoms with Gasteiger partial charge in [0.1, 0.15) is 0 Å². The summed E-state index contributed by atoms with van der Waals surface area (Å²) in [6.45, 7) is 9.22. The number of likely N-dealkylation sites (N-methyl/N-ethyl adjacent to an activating group) is 1. The highest BCUT2D eigenvalue weighted by Gasteiger charge is 2.20. The largest absolute Gasteiger partial charge is 0.356 e. The van der Waals surface area contributed by atoms with Crippen LogP contribution in [-0.4, -0.2) is 62.1 Å². The molecule has 18 heavy (non-hydrogen) atoms. The Morgan fingerprint density at radius 2 is 2.00 bits per heavy atom. The van der Waals surface area contributed by atoms with Gasteiger partial charge in [-0.2, -0.15) is 0 Å². The molecule has 0 radical (unpaired) electrons. The van der Waals surface area contributed by atoms with Gasteiger partial charge >= 0.3 is 0 Å². The molecule has 0 atom stereocenters. The van der Waals surface area contributed by atoms with E-state index >= 15 is 0 Å². The fourth-order valence-corrected chi connectivity index (χ4v) is 2.69. The van der Waals surface area contributed by atoms with Gasteiger partial charge in [0.15, 0.2) is 5.96 Å². The van der Waals surface area contributed by atoms with Crippen LogP contribution in [0.2, 0.25) is 0 Å². The second-order valence-corrected chi connectivity index (χ2v) is 5.29. The van der Waals surface area contributed by atoms with E-state index in [4.69, 9.17) is 0 Å². The van der Waals surface area contributed by atoms with Crippen LogP contribution in [0.25, 0.3) is 0 Å². The molecule has 2 rings (SSSR count). The quantitative estimate of drug-likeness (QED) is 0.768. The summed E-state index contributed by atoms with van der Waals surface area (Å²) in [4.78, 5) is 9.27. The number of hydrogen-bond donors (Lipinski definition) is 1. The number of hydrogen-bond acceptors (Lipinski definition) is 4. The third kappa shape index (κ3) is 4.57. The lowest BCUT2D eigenvalue weighted by molar-refractivity contribution is 0.185. The van der Waals surface area contributed by atoms with Crippen molar-refractivity contribution >= 4 is 29.9 Å². The smallest absolute Gasteiger partial charge is 0.193 e. The molecule has 0 unspecified atom stereocenters. The van der Waals surface area contributed by atoms with Crippen LogP contribution in [0.3, 0.4) is 0 Å². The Morgan fingerprint density at radius 1 is 1.28 bits per heavy atom. The van der Waals surface area contributed by atoms with E-state index in [1.807, 2.05) is 0 Å². The number of nitrogens with one attached hydrogen (secondary N) is 1. The molecule has 5 heteroatoms. The van der Waals surface area contributed by atoms with Crippen molar-refractivity contribution < 1.29 is 0 Å². The summed E-state index contributed by atoms with van der Waals surface area (Å²) in [7, 11) is 2.11. The molecule has 1 N–H and O–H groups in total. The SMILES string of the molecule is CCCN1CCC(CNC2=NCCN2C)CC1.I. The first-order valence-corrected chi connectivity index (χ1v) is 7.01. The number of halogens is 1. The Hall–Kier alpha value is -0.0400. The molecule has 0 saturated carbocycles. The van der Waals surface area contributed by atoms with E-state index < -0.39 is 0 Å². The molecule has 0 aromatic rings. The fourth-order valence-electron chi connectivity index (χ4n) is 2.69. The van der Waals surface area contributed by atoms with E-state index in [0.717, 1.165) is 31.5 Å². The summed E-state index contributed by atoms with van der Waals surface area (Å²) in [5, 5.41) is 3.51. The van der Waals surface area contributed by atoms with Crippen LogP contribution in [0.5, 0.6) is 0 Å². The maximum absolute atomic E-state index is 4.47. The molecule has 0 bridgehead atoms. The van der Waals surface area contributed by atoms with E-state index in [9.17, 15) is 0 Å². The van der Waals surface area contributed by atoms with Gasteiger partial charge in [-0.3, -0.25) is 4.99 Å². The molecule has 0 spiro atoms. The standard InChI is InChI=1S/C13H26N4.HI/c1-3-7-17-8-4-12(5-9-17)11-15-13-14-6-10-16(13)2;/h12H,3-11H2,1-2H3,(H,14,15);1H. The van der Waals surface area contributed by atoms with Gasteiger partial charge in [-0.05, 0) is 44.8 Å². The summed E-state index contributed by atoms with van der Waals surface area (Å²) in [5.41, 5.74) is 0. The van der Waals surface area contributed by atoms with Crippen LogP contribution < -0.4 is 5.32 Å². The van der Waals surface area contributed by atoms with Crippen molar-refractivity contribution in [1.82, 2.24) is 15.1 Å². The predicted octanol–water partition coefficient (Wildman–Crippen LogP) is 1.62. The number of nitrogens with zero attached hydrogens (tertiary/aromatic N) is 3. The third-order valence-electron chi connectivity index (χ3n) is 3.85. The van der Waals surface area contributed by atoms with Crippen molar-refractivity contribution in [1.29, 1.82) is 0 Å². The normalized spacial score (nSPS) is 21.7. The highest BCUT2D eigenvalue weighted by atomic mass is 127. The van der Waals surface area contributed by atoms with Crippen molar-refractivity contribution in [3.63, 3.8) is 0 Å². The molecular formula is C13H27IN4. The minimum absolute atomic E-state index is 0. The van der Waals surface area contributed by atoms with Crippen LogP contribution in [0, 0.1) is 5.92 Å². The molecule has 2 aliphatic rings. The second-order valence-electron chi connectivity index (χ2n) is 5.29. The van der Waals surface area contributed by atoms with Crippen LogP contribution in [-0.2, 0) is 0 Å². The Labute approximate surface area is 128 Å². The summed E-state index contributed by atoms with van der Waals surface area (Å²) < 4.78 is 0. The van der Waals surface area contributed by atoms with E-state index in [1.54, 1.807) is 0 Å². The minimum atomic E-state index is 0. The molecule has 0 aliphatic carbocycles. The Morgan fingerprint density at radius 3 is 2.56 bits per heavy atom. The van der Waals surface area contributed by atoms with Crippen LogP contribution in [0.4, 0.5) is 0 Å². The molecule has 0 aromatic carbocycles. The lowest BCUT2D eigenvalue weighted by atomic mass is 9.97. The zero-order chi connectivity index (χ0) is 12.1. The zero-order valence-electron chi connectivity index (χ0n) is 11.7. The van der Waals surface area contributed by atoms with Crippen molar-refractivity contribution in [3.8, 4) is 0 Å². The molecule has 0 aromatic heterocycles. The molecular weight excluding hydrogens is 339 g/mol. The van der Waals surface area contributed by atoms with Gasteiger partial charge in [0.05, 0.1) is 6.54 Å². The maximum atomic E-state index is 4.47. The van der Waals surface area contributed by atoms with Crippen LogP contribution in [0.15, 0.2) is 4.99 Å². The molecule has 1 fully saturated rings. The summed E-state index contributed by atoms with van der Waals surface area (Å²) >= 11 is 0. The lowest BCUT2D eigenvalue weighted by Gasteiger charge is -2.32. The highest BCUT2D eigenvalue weighted by molar-refractivity contribution is 14.0. The average Bonchev–Trinajstić information content (AvgIpc) is 2.75. The minimum Gasteiger partial charge on any atom is -0.356 e. The topological polar surface area (TPSA) is 30.9 Å². The molecule has 2 heterocycles. The van der Waals surface area contributed by atoms with Gasteiger partial charge in [0, 0.05) is 20.1 Å². The van der Waals surface area contributed by atoms with Gasteiger partial charge in [-0.1, -0.05) is 6.92 Å². The number of rotatable bonds is 4. The predicted molar refractivity (Wildman–Crippen MR) is 87.8 cm³/mol. The van der Waals surface area contributed by atoms with E-state index in [2.05, 4.69) is 34.1 Å². The van der Waals surface area contributed by atoms with Gasteiger partial charge in [0.25, 0.3) is 0 Å². The number of aliphatic imine (C=N–C) groups is 1. The van der Waals surface area contributed by atoms with Gasteiger partial charge < -0.3 is 15.1 Å². The van der Waals surface area contributed by atoms with Crippen LogP contribution >= 0.6 is 24.0 Å². The van der Waals surface area contributed by atoms with Crippen molar-refractivity contribution in [2.75, 3.05) is 46.3 Å². The number of guanidine groups is 1. The number of piperidine rings is 1. The Balaban J connectivity index is 0.00000162. The van der Waals surface area contributed by atoms with Crippen molar-refractivity contribution in [3.05, 3.63) is 0 Å². The first-order valence-electron chi connectivity index (χ1n) is 7.01. The Kier molecular flexibility index (Phi) is 7.29. The van der Waals surface area contributed by atoms with Gasteiger partial charge in [-0.25, -0.2) is 0 Å². The molecule has 106 valence electrons. The lowest BCUT2D eigenvalue weighted by Crippen LogP contribution is -2.42. The fraction of sp³-hybridized carbons (Fsp3) is 0.923. The van der Waals surface area contributed by atoms with Crippen molar-refractivity contribution in [2.24, 2.45) is 10.9 Å². The maximum Gasteiger partial charge on any atom is 0.193 e. The highest BCUT2D eigenvalue weighted by Crippen LogP contribution is 2.16. The second kappa shape index (κ2) is 8.19. The molecule has 2 aliphatic heterocycles. The third-order valence-corrected chi connectivity index (χ3v) is 3.85. The van der Waals surface area contributed by atoms with E-state index in [1.165, 1.54) is 38.9 Å². The summed E-state index contributed by atoms with van der Waals surface area (Å²) in [5.74, 6) is 1.93. The Bertz CT molecular complexity index is 262. The van der Waals surface area contributed by atoms with Crippen LogP contribution in [0.1, 0.15) is 26.2 Å². The molecule has 1 saturated heterocycles. The van der Waals surface area contributed by atoms with Gasteiger partial charge in [0.2, 0.25) is 0 Å². The summed E-state index contributed by atoms with van der Waals surface area (Å²) in [6.07, 6.45) is 3.96.